The molecule has 0 N–H and O–H groups in total. The summed E-state index contributed by atoms with van der Waals surface area (Å²) in [4.78, 5) is 15.3. The maximum absolute atomic E-state index is 12.0. The smallest absolute Gasteiger partial charge is 0.406 e. The van der Waals surface area contributed by atoms with Gasteiger partial charge in [-0.15, -0.1) is 13.2 Å². The molecule has 0 amide bonds. The van der Waals surface area contributed by atoms with Crippen molar-refractivity contribution in [1.29, 1.82) is 0 Å². The van der Waals surface area contributed by atoms with E-state index in [9.17, 15) is 18.0 Å². The van der Waals surface area contributed by atoms with E-state index >= 15 is 0 Å². The number of halogens is 4. The standard InChI is InChI=1S/C12H8ClF3N2O2/c13-10-5-11(19)18(7-17-10)6-8-1-3-9(4-2-8)20-12(14,15)16/h1-5,7H,6H2. The van der Waals surface area contributed by atoms with Crippen molar-refractivity contribution in [2.75, 3.05) is 0 Å². The first-order valence-corrected chi connectivity index (χ1v) is 5.78. The fourth-order valence-electron chi connectivity index (χ4n) is 1.52. The maximum Gasteiger partial charge on any atom is 0.573 e. The molecular formula is C12H8ClF3N2O2. The first-order valence-electron chi connectivity index (χ1n) is 5.40. The van der Waals surface area contributed by atoms with Gasteiger partial charge in [-0.1, -0.05) is 23.7 Å². The lowest BCUT2D eigenvalue weighted by Crippen LogP contribution is -2.20. The molecule has 0 bridgehead atoms. The van der Waals surface area contributed by atoms with Crippen LogP contribution in [0.2, 0.25) is 5.15 Å². The second kappa shape index (κ2) is 5.54. The molecule has 0 fully saturated rings. The molecule has 106 valence electrons. The molecule has 2 rings (SSSR count). The van der Waals surface area contributed by atoms with Crippen LogP contribution in [0.15, 0.2) is 41.5 Å². The van der Waals surface area contributed by atoms with Crippen LogP contribution in [0.1, 0.15) is 5.56 Å². The Bertz CT molecular complexity index is 653. The average Bonchev–Trinajstić information content (AvgIpc) is 2.33. The highest BCUT2D eigenvalue weighted by Crippen LogP contribution is 2.22. The Balaban J connectivity index is 2.13. The Hall–Kier alpha value is -2.02. The molecule has 2 aromatic rings. The van der Waals surface area contributed by atoms with E-state index in [4.69, 9.17) is 11.6 Å². The van der Waals surface area contributed by atoms with Crippen molar-refractivity contribution in [1.82, 2.24) is 9.55 Å². The third-order valence-corrected chi connectivity index (χ3v) is 2.56. The molecule has 0 saturated carbocycles. The van der Waals surface area contributed by atoms with Gasteiger partial charge in [-0.05, 0) is 17.7 Å². The van der Waals surface area contributed by atoms with Gasteiger partial charge in [-0.25, -0.2) is 4.98 Å². The van der Waals surface area contributed by atoms with Gasteiger partial charge in [0.2, 0.25) is 0 Å². The molecule has 0 saturated heterocycles. The molecule has 4 nitrogen and oxygen atoms in total. The summed E-state index contributed by atoms with van der Waals surface area (Å²) in [6, 6.07) is 6.38. The van der Waals surface area contributed by atoms with Crippen LogP contribution in [0.25, 0.3) is 0 Å². The summed E-state index contributed by atoms with van der Waals surface area (Å²) < 4.78 is 41.0. The van der Waals surface area contributed by atoms with Gasteiger partial charge in [0.05, 0.1) is 12.9 Å². The Labute approximate surface area is 116 Å². The van der Waals surface area contributed by atoms with E-state index in [1.54, 1.807) is 0 Å². The molecule has 1 aromatic carbocycles. The number of nitrogens with zero attached hydrogens (tertiary/aromatic N) is 2. The minimum atomic E-state index is -4.72. The van der Waals surface area contributed by atoms with Crippen LogP contribution in [0.4, 0.5) is 13.2 Å². The van der Waals surface area contributed by atoms with Crippen molar-refractivity contribution in [2.24, 2.45) is 0 Å². The van der Waals surface area contributed by atoms with Crippen molar-refractivity contribution in [2.45, 2.75) is 12.9 Å². The first kappa shape index (κ1) is 14.4. The number of hydrogen-bond donors (Lipinski definition) is 0. The van der Waals surface area contributed by atoms with Crippen LogP contribution in [-0.4, -0.2) is 15.9 Å². The van der Waals surface area contributed by atoms with Gasteiger partial charge < -0.3 is 4.74 Å². The highest BCUT2D eigenvalue weighted by Gasteiger charge is 2.30. The molecule has 20 heavy (non-hydrogen) atoms. The number of alkyl halides is 3. The second-order valence-electron chi connectivity index (χ2n) is 3.87. The molecule has 0 radical (unpaired) electrons. The number of rotatable bonds is 3. The highest BCUT2D eigenvalue weighted by molar-refractivity contribution is 6.29. The van der Waals surface area contributed by atoms with Gasteiger partial charge in [0.15, 0.2) is 0 Å². The average molecular weight is 305 g/mol. The van der Waals surface area contributed by atoms with E-state index in [2.05, 4.69) is 9.72 Å². The maximum atomic E-state index is 12.0. The summed E-state index contributed by atoms with van der Waals surface area (Å²) in [6.07, 6.45) is -3.46. The summed E-state index contributed by atoms with van der Waals surface area (Å²) in [5.41, 5.74) is 0.284. The molecule has 0 unspecified atom stereocenters. The third kappa shape index (κ3) is 3.99. The van der Waals surface area contributed by atoms with E-state index in [-0.39, 0.29) is 23.0 Å². The summed E-state index contributed by atoms with van der Waals surface area (Å²) >= 11 is 5.55. The van der Waals surface area contributed by atoms with Gasteiger partial charge in [0.1, 0.15) is 10.9 Å². The van der Waals surface area contributed by atoms with Crippen molar-refractivity contribution >= 4 is 11.6 Å². The molecule has 0 spiro atoms. The molecule has 1 heterocycles. The van der Waals surface area contributed by atoms with E-state index in [1.807, 2.05) is 0 Å². The SMILES string of the molecule is O=c1cc(Cl)ncn1Cc1ccc(OC(F)(F)F)cc1. The van der Waals surface area contributed by atoms with Gasteiger partial charge in [-0.2, -0.15) is 0 Å². The number of hydrogen-bond acceptors (Lipinski definition) is 3. The van der Waals surface area contributed by atoms with Crippen LogP contribution in [-0.2, 0) is 6.54 Å². The Kier molecular flexibility index (Phi) is 3.99. The lowest BCUT2D eigenvalue weighted by Gasteiger charge is -2.09. The zero-order valence-corrected chi connectivity index (χ0v) is 10.6. The van der Waals surface area contributed by atoms with Crippen LogP contribution >= 0.6 is 11.6 Å². The van der Waals surface area contributed by atoms with Crippen molar-refractivity contribution < 1.29 is 17.9 Å². The van der Waals surface area contributed by atoms with Crippen LogP contribution in [0.5, 0.6) is 5.75 Å². The van der Waals surface area contributed by atoms with E-state index in [0.29, 0.717) is 5.56 Å². The number of aromatic nitrogens is 2. The van der Waals surface area contributed by atoms with Crippen molar-refractivity contribution in [3.63, 3.8) is 0 Å². The zero-order chi connectivity index (χ0) is 14.8. The quantitative estimate of drug-likeness (QED) is 0.819. The molecule has 0 aliphatic rings. The lowest BCUT2D eigenvalue weighted by molar-refractivity contribution is -0.274. The summed E-state index contributed by atoms with van der Waals surface area (Å²) in [6.45, 7) is 0.176. The summed E-state index contributed by atoms with van der Waals surface area (Å²) in [7, 11) is 0. The Morgan fingerprint density at radius 1 is 1.25 bits per heavy atom. The Morgan fingerprint density at radius 2 is 1.90 bits per heavy atom. The summed E-state index contributed by atoms with van der Waals surface area (Å²) in [5, 5.41) is 0.0835. The summed E-state index contributed by atoms with van der Waals surface area (Å²) in [5.74, 6) is -0.317. The van der Waals surface area contributed by atoms with E-state index in [1.165, 1.54) is 35.2 Å². The molecule has 8 heteroatoms. The second-order valence-corrected chi connectivity index (χ2v) is 4.26. The van der Waals surface area contributed by atoms with Gasteiger partial charge in [0.25, 0.3) is 5.56 Å². The molecule has 0 atom stereocenters. The highest BCUT2D eigenvalue weighted by atomic mass is 35.5. The third-order valence-electron chi connectivity index (χ3n) is 2.36. The fraction of sp³-hybridized carbons (Fsp3) is 0.167. The minimum absolute atomic E-state index is 0.0835. The number of ether oxygens (including phenoxy) is 1. The van der Waals surface area contributed by atoms with E-state index < -0.39 is 6.36 Å². The van der Waals surface area contributed by atoms with Crippen molar-refractivity contribution in [3.05, 3.63) is 57.7 Å². The normalized spacial score (nSPS) is 11.4. The van der Waals surface area contributed by atoms with Crippen LogP contribution < -0.4 is 10.3 Å². The predicted molar refractivity (Wildman–Crippen MR) is 65.7 cm³/mol. The van der Waals surface area contributed by atoms with Gasteiger partial charge >= 0.3 is 6.36 Å². The van der Waals surface area contributed by atoms with Gasteiger partial charge in [-0.3, -0.25) is 9.36 Å². The lowest BCUT2D eigenvalue weighted by atomic mass is 10.2. The molecule has 0 aliphatic carbocycles. The fourth-order valence-corrected chi connectivity index (χ4v) is 1.65. The first-order chi connectivity index (χ1) is 9.33. The number of benzene rings is 1. The van der Waals surface area contributed by atoms with Crippen LogP contribution in [0.3, 0.4) is 0 Å². The molecule has 0 aliphatic heterocycles. The van der Waals surface area contributed by atoms with Gasteiger partial charge in [0, 0.05) is 6.07 Å². The molecule has 1 aromatic heterocycles. The largest absolute Gasteiger partial charge is 0.573 e. The predicted octanol–water partition coefficient (Wildman–Crippen LogP) is 2.84. The van der Waals surface area contributed by atoms with E-state index in [0.717, 1.165) is 6.07 Å². The molecular weight excluding hydrogens is 297 g/mol. The topological polar surface area (TPSA) is 44.1 Å². The monoisotopic (exact) mass is 304 g/mol. The van der Waals surface area contributed by atoms with Crippen molar-refractivity contribution in [3.8, 4) is 5.75 Å². The Morgan fingerprint density at radius 3 is 2.45 bits per heavy atom. The zero-order valence-electron chi connectivity index (χ0n) is 9.89. The van der Waals surface area contributed by atoms with Crippen LogP contribution in [0, 0.1) is 0 Å². The minimum Gasteiger partial charge on any atom is -0.406 e.